The van der Waals surface area contributed by atoms with Crippen molar-refractivity contribution in [1.29, 1.82) is 0 Å². The number of carbonyl (C=O) groups is 1. The van der Waals surface area contributed by atoms with Gasteiger partial charge >= 0.3 is 5.97 Å². The second-order valence-electron chi connectivity index (χ2n) is 7.12. The van der Waals surface area contributed by atoms with Gasteiger partial charge in [0.2, 0.25) is 6.29 Å². The van der Waals surface area contributed by atoms with Crippen LogP contribution in [0.1, 0.15) is 43.1 Å². The van der Waals surface area contributed by atoms with Gasteiger partial charge in [0.1, 0.15) is 6.10 Å². The summed E-state index contributed by atoms with van der Waals surface area (Å²) in [7, 11) is 0. The smallest absolute Gasteiger partial charge is 0.340 e. The summed E-state index contributed by atoms with van der Waals surface area (Å²) in [4.78, 5) is 16.7. The lowest BCUT2D eigenvalue weighted by Crippen LogP contribution is -2.43. The molecule has 0 N–H and O–H groups in total. The number of ether oxygens (including phenoxy) is 2. The summed E-state index contributed by atoms with van der Waals surface area (Å²) < 4.78 is 13.8. The van der Waals surface area contributed by atoms with Crippen LogP contribution in [0.25, 0.3) is 5.78 Å². The highest BCUT2D eigenvalue weighted by molar-refractivity contribution is 5.89. The molecule has 1 aromatic carbocycles. The molecule has 3 aromatic rings. The molecule has 1 aliphatic heterocycles. The Hall–Kier alpha value is -2.80. The van der Waals surface area contributed by atoms with Crippen molar-refractivity contribution in [3.63, 3.8) is 0 Å². The van der Waals surface area contributed by atoms with E-state index in [0.29, 0.717) is 17.2 Å². The molecule has 27 heavy (non-hydrogen) atoms. The molecule has 3 heterocycles. The molecule has 4 rings (SSSR count). The molecule has 1 saturated heterocycles. The Morgan fingerprint density at radius 2 is 1.81 bits per heavy atom. The van der Waals surface area contributed by atoms with E-state index in [0.717, 1.165) is 0 Å². The van der Waals surface area contributed by atoms with E-state index >= 15 is 0 Å². The highest BCUT2D eigenvalue weighted by atomic mass is 16.7. The first-order valence-corrected chi connectivity index (χ1v) is 9.13. The lowest BCUT2D eigenvalue weighted by Gasteiger charge is -2.42. The largest absolute Gasteiger partial charge is 0.432 e. The Morgan fingerprint density at radius 3 is 2.59 bits per heavy atom. The van der Waals surface area contributed by atoms with Gasteiger partial charge in [0.05, 0.1) is 5.56 Å². The Kier molecular flexibility index (Phi) is 4.61. The van der Waals surface area contributed by atoms with Gasteiger partial charge in [-0.25, -0.2) is 9.78 Å². The minimum absolute atomic E-state index is 0.0567. The van der Waals surface area contributed by atoms with Crippen molar-refractivity contribution >= 4 is 11.7 Å². The Labute approximate surface area is 157 Å². The number of carbonyl (C=O) groups excluding carboxylic acids is 1. The fraction of sp³-hybridized carbons (Fsp3) is 0.400. The molecule has 0 saturated carbocycles. The maximum atomic E-state index is 12.5. The molecule has 1 aliphatic rings. The van der Waals surface area contributed by atoms with E-state index in [-0.39, 0.29) is 29.8 Å². The zero-order valence-electron chi connectivity index (χ0n) is 15.5. The molecule has 7 heteroatoms. The maximum absolute atomic E-state index is 12.5. The van der Waals surface area contributed by atoms with Gasteiger partial charge in [-0.15, -0.1) is 10.2 Å². The molecule has 2 aromatic heterocycles. The molecule has 5 atom stereocenters. The van der Waals surface area contributed by atoms with Gasteiger partial charge in [0, 0.05) is 18.3 Å². The fourth-order valence-corrected chi connectivity index (χ4v) is 3.53. The Balaban J connectivity index is 1.61. The van der Waals surface area contributed by atoms with Crippen molar-refractivity contribution in [1.82, 2.24) is 19.6 Å². The summed E-state index contributed by atoms with van der Waals surface area (Å²) in [5.41, 5.74) is 0.508. The summed E-state index contributed by atoms with van der Waals surface area (Å²) in [5, 5.41) is 8.41. The number of rotatable bonds is 3. The third kappa shape index (κ3) is 3.19. The Morgan fingerprint density at radius 1 is 1.04 bits per heavy atom. The SMILES string of the molecule is CC1C(OC(=O)c2ccccc2)OC(c2nnc3ncccn23)[C@@H](C)[C@@H]1C. The van der Waals surface area contributed by atoms with Crippen LogP contribution in [0.4, 0.5) is 0 Å². The molecule has 7 nitrogen and oxygen atoms in total. The van der Waals surface area contributed by atoms with Crippen LogP contribution >= 0.6 is 0 Å². The summed E-state index contributed by atoms with van der Waals surface area (Å²) in [6, 6.07) is 10.8. The average Bonchev–Trinajstić information content (AvgIpc) is 3.13. The third-order valence-corrected chi connectivity index (χ3v) is 5.55. The number of fused-ring (bicyclic) bond motifs is 1. The van der Waals surface area contributed by atoms with Gasteiger partial charge < -0.3 is 9.47 Å². The lowest BCUT2D eigenvalue weighted by molar-refractivity contribution is -0.229. The number of hydrogen-bond donors (Lipinski definition) is 0. The summed E-state index contributed by atoms with van der Waals surface area (Å²) >= 11 is 0. The lowest BCUT2D eigenvalue weighted by atomic mass is 9.78. The minimum atomic E-state index is -0.655. The molecular weight excluding hydrogens is 344 g/mol. The standard InChI is InChI=1S/C20H22N4O3/c1-12-13(2)16(17-22-23-20-21-10-7-11-24(17)20)26-19(14(12)3)27-18(25)15-8-5-4-6-9-15/h4-14,16,19H,1-3H3/t12-,13-,14?,16?,19?/m0/s1. The minimum Gasteiger partial charge on any atom is -0.432 e. The first-order chi connectivity index (χ1) is 13.1. The maximum Gasteiger partial charge on any atom is 0.340 e. The van der Waals surface area contributed by atoms with Gasteiger partial charge in [0.15, 0.2) is 5.82 Å². The topological polar surface area (TPSA) is 78.6 Å². The highest BCUT2D eigenvalue weighted by Gasteiger charge is 2.43. The monoisotopic (exact) mass is 366 g/mol. The number of aromatic nitrogens is 4. The van der Waals surface area contributed by atoms with Gasteiger partial charge in [-0.1, -0.05) is 39.0 Å². The molecule has 0 bridgehead atoms. The highest BCUT2D eigenvalue weighted by Crippen LogP contribution is 2.42. The van der Waals surface area contributed by atoms with Gasteiger partial charge in [-0.2, -0.15) is 0 Å². The van der Waals surface area contributed by atoms with E-state index in [4.69, 9.17) is 9.47 Å². The van der Waals surface area contributed by atoms with E-state index in [1.807, 2.05) is 41.8 Å². The van der Waals surface area contributed by atoms with Crippen molar-refractivity contribution in [2.75, 3.05) is 0 Å². The molecular formula is C20H22N4O3. The van der Waals surface area contributed by atoms with Gasteiger partial charge in [0.25, 0.3) is 5.78 Å². The average molecular weight is 366 g/mol. The molecule has 140 valence electrons. The van der Waals surface area contributed by atoms with E-state index in [1.165, 1.54) is 0 Å². The van der Waals surface area contributed by atoms with Gasteiger partial charge in [-0.05, 0) is 30.0 Å². The van der Waals surface area contributed by atoms with Crippen LogP contribution in [0, 0.1) is 17.8 Å². The van der Waals surface area contributed by atoms with Crippen molar-refractivity contribution in [3.8, 4) is 0 Å². The van der Waals surface area contributed by atoms with Crippen molar-refractivity contribution in [2.24, 2.45) is 17.8 Å². The molecule has 3 unspecified atom stereocenters. The van der Waals surface area contributed by atoms with Crippen LogP contribution in [-0.4, -0.2) is 31.8 Å². The number of nitrogens with zero attached hydrogens (tertiary/aromatic N) is 4. The van der Waals surface area contributed by atoms with Crippen LogP contribution in [-0.2, 0) is 9.47 Å². The summed E-state index contributed by atoms with van der Waals surface area (Å²) in [6.07, 6.45) is 2.54. The van der Waals surface area contributed by atoms with Crippen molar-refractivity contribution in [3.05, 3.63) is 60.2 Å². The normalized spacial score (nSPS) is 28.2. The summed E-state index contributed by atoms with van der Waals surface area (Å²) in [5.74, 6) is 1.31. The first kappa shape index (κ1) is 17.6. The van der Waals surface area contributed by atoms with Crippen molar-refractivity contribution in [2.45, 2.75) is 33.2 Å². The third-order valence-electron chi connectivity index (χ3n) is 5.55. The molecule has 1 fully saturated rings. The van der Waals surface area contributed by atoms with E-state index in [1.54, 1.807) is 18.3 Å². The van der Waals surface area contributed by atoms with Crippen LogP contribution in [0.2, 0.25) is 0 Å². The van der Waals surface area contributed by atoms with Crippen molar-refractivity contribution < 1.29 is 14.3 Å². The quantitative estimate of drug-likeness (QED) is 0.662. The molecule has 0 spiro atoms. The predicted molar refractivity (Wildman–Crippen MR) is 97.7 cm³/mol. The van der Waals surface area contributed by atoms with E-state index < -0.39 is 6.29 Å². The molecule has 0 amide bonds. The van der Waals surface area contributed by atoms with E-state index in [2.05, 4.69) is 29.0 Å². The second-order valence-corrected chi connectivity index (χ2v) is 7.12. The molecule has 0 aliphatic carbocycles. The van der Waals surface area contributed by atoms with Crippen LogP contribution in [0.3, 0.4) is 0 Å². The summed E-state index contributed by atoms with van der Waals surface area (Å²) in [6.45, 7) is 6.32. The number of benzene rings is 1. The van der Waals surface area contributed by atoms with Crippen LogP contribution in [0.15, 0.2) is 48.8 Å². The first-order valence-electron chi connectivity index (χ1n) is 9.13. The Bertz CT molecular complexity index is 943. The number of hydrogen-bond acceptors (Lipinski definition) is 6. The van der Waals surface area contributed by atoms with Crippen LogP contribution < -0.4 is 0 Å². The number of esters is 1. The van der Waals surface area contributed by atoms with E-state index in [9.17, 15) is 4.79 Å². The zero-order chi connectivity index (χ0) is 19.0. The second kappa shape index (κ2) is 7.08. The van der Waals surface area contributed by atoms with Gasteiger partial charge in [-0.3, -0.25) is 4.40 Å². The fourth-order valence-electron chi connectivity index (χ4n) is 3.53. The molecule has 0 radical (unpaired) electrons. The zero-order valence-corrected chi connectivity index (χ0v) is 15.5. The predicted octanol–water partition coefficient (Wildman–Crippen LogP) is 3.29. The van der Waals surface area contributed by atoms with Crippen LogP contribution in [0.5, 0.6) is 0 Å².